The first kappa shape index (κ1) is 7.46. The summed E-state index contributed by atoms with van der Waals surface area (Å²) in [5, 5.41) is 10.2. The van der Waals surface area contributed by atoms with Crippen molar-refractivity contribution >= 4 is 11.2 Å². The lowest BCUT2D eigenvalue weighted by molar-refractivity contribution is 0.249. The van der Waals surface area contributed by atoms with Gasteiger partial charge in [0.2, 0.25) is 5.94 Å². The van der Waals surface area contributed by atoms with Crippen LogP contribution < -0.4 is 0 Å². The zero-order chi connectivity index (χ0) is 7.40. The van der Waals surface area contributed by atoms with E-state index in [-0.39, 0.29) is 5.16 Å². The largest absolute Gasteiger partial charge is 0.607 e. The van der Waals surface area contributed by atoms with Crippen LogP contribution in [0, 0.1) is 0 Å². The van der Waals surface area contributed by atoms with Crippen molar-refractivity contribution in [3.05, 3.63) is 18.5 Å². The highest BCUT2D eigenvalue weighted by atomic mass is 32.2. The van der Waals surface area contributed by atoms with E-state index in [1.165, 1.54) is 12.4 Å². The highest BCUT2D eigenvalue weighted by Gasteiger charge is 2.11. The molecule has 0 aliphatic rings. The molecule has 0 saturated heterocycles. The Kier molecular flexibility index (Phi) is 2.61. The first-order valence-corrected chi connectivity index (χ1v) is 3.90. The Hall–Kier alpha value is -0.650. The van der Waals surface area contributed by atoms with Gasteiger partial charge in [-0.2, -0.15) is 15.1 Å². The Balaban J connectivity index is 2.75. The predicted octanol–water partition coefficient (Wildman–Crippen LogP) is -0.0278. The zero-order valence-corrected chi connectivity index (χ0v) is 5.87. The summed E-state index contributed by atoms with van der Waals surface area (Å²) in [6.07, 6.45) is 2.91. The molecule has 1 aromatic heterocycles. The Bertz CT molecular complexity index is 194. The maximum Gasteiger partial charge on any atom is 0.345 e. The standard InChI is InChI=1S/C5H5N2O2S/c8-4-10(9)5-6-2-1-3-7-5/h1-3H,4H2. The molecule has 5 heteroatoms. The van der Waals surface area contributed by atoms with Crippen molar-refractivity contribution in [3.8, 4) is 0 Å². The lowest BCUT2D eigenvalue weighted by Gasteiger charge is -2.00. The highest BCUT2D eigenvalue weighted by molar-refractivity contribution is 7.91. The molecule has 4 nitrogen and oxygen atoms in total. The Morgan fingerprint density at radius 1 is 1.50 bits per heavy atom. The van der Waals surface area contributed by atoms with E-state index in [4.69, 9.17) is 0 Å². The maximum absolute atomic E-state index is 10.7. The van der Waals surface area contributed by atoms with Gasteiger partial charge in [0.15, 0.2) is 0 Å². The van der Waals surface area contributed by atoms with Gasteiger partial charge < -0.3 is 4.55 Å². The number of rotatable bonds is 2. The molecule has 0 spiro atoms. The summed E-state index contributed by atoms with van der Waals surface area (Å²) in [5.74, 6) is -0.677. The van der Waals surface area contributed by atoms with Gasteiger partial charge in [-0.25, -0.2) is 0 Å². The predicted molar refractivity (Wildman–Crippen MR) is 34.0 cm³/mol. The van der Waals surface area contributed by atoms with E-state index >= 15 is 0 Å². The minimum Gasteiger partial charge on any atom is -0.607 e. The maximum atomic E-state index is 10.7. The van der Waals surface area contributed by atoms with Gasteiger partial charge in [0, 0.05) is 12.4 Å². The molecule has 0 aliphatic carbocycles. The van der Waals surface area contributed by atoms with Crippen molar-refractivity contribution in [1.82, 2.24) is 9.97 Å². The fourth-order valence-corrected chi connectivity index (χ4v) is 0.918. The van der Waals surface area contributed by atoms with Crippen molar-refractivity contribution in [3.63, 3.8) is 0 Å². The lowest BCUT2D eigenvalue weighted by Crippen LogP contribution is -2.08. The minimum atomic E-state index is -1.57. The third-order valence-corrected chi connectivity index (χ3v) is 1.68. The van der Waals surface area contributed by atoms with Gasteiger partial charge in [0.25, 0.3) is 0 Å². The third-order valence-electron chi connectivity index (χ3n) is 0.853. The molecule has 1 rings (SSSR count). The van der Waals surface area contributed by atoms with Gasteiger partial charge in [-0.15, -0.1) is 0 Å². The highest BCUT2D eigenvalue weighted by Crippen LogP contribution is 1.99. The summed E-state index contributed by atoms with van der Waals surface area (Å²) in [6.45, 7) is 0. The number of hydrogen-bond donors (Lipinski definition) is 0. The minimum absolute atomic E-state index is 0.109. The SMILES string of the molecule is [O]C[S+]([O-])c1ncccn1. The van der Waals surface area contributed by atoms with E-state index in [2.05, 4.69) is 9.97 Å². The molecule has 1 aromatic rings. The molecule has 0 saturated carbocycles. The lowest BCUT2D eigenvalue weighted by atomic mass is 10.7. The van der Waals surface area contributed by atoms with Crippen LogP contribution in [0.4, 0.5) is 0 Å². The molecule has 0 bridgehead atoms. The second kappa shape index (κ2) is 3.50. The van der Waals surface area contributed by atoms with Crippen molar-refractivity contribution in [2.75, 3.05) is 5.94 Å². The topological polar surface area (TPSA) is 68.7 Å². The first-order chi connectivity index (χ1) is 4.84. The number of nitrogens with zero attached hydrogens (tertiary/aromatic N) is 2. The van der Waals surface area contributed by atoms with E-state index in [0.29, 0.717) is 0 Å². The molecule has 53 valence electrons. The van der Waals surface area contributed by atoms with Crippen LogP contribution in [0.25, 0.3) is 0 Å². The Labute approximate surface area is 61.1 Å². The zero-order valence-electron chi connectivity index (χ0n) is 5.06. The van der Waals surface area contributed by atoms with Crippen LogP contribution in [0.1, 0.15) is 0 Å². The van der Waals surface area contributed by atoms with Crippen molar-refractivity contribution in [1.29, 1.82) is 0 Å². The fraction of sp³-hybridized carbons (Fsp3) is 0.200. The summed E-state index contributed by atoms with van der Waals surface area (Å²) in [4.78, 5) is 7.28. The second-order valence-electron chi connectivity index (χ2n) is 1.49. The molecule has 1 radical (unpaired) electrons. The summed E-state index contributed by atoms with van der Waals surface area (Å²) >= 11 is -1.57. The number of aromatic nitrogens is 2. The molecular formula is C5H5N2O2S. The smallest absolute Gasteiger partial charge is 0.345 e. The van der Waals surface area contributed by atoms with Gasteiger partial charge in [-0.05, 0) is 6.07 Å². The van der Waals surface area contributed by atoms with E-state index in [1.54, 1.807) is 6.07 Å². The van der Waals surface area contributed by atoms with Crippen molar-refractivity contribution in [2.24, 2.45) is 0 Å². The molecule has 1 heterocycles. The molecule has 10 heavy (non-hydrogen) atoms. The van der Waals surface area contributed by atoms with Gasteiger partial charge in [-0.3, -0.25) is 0 Å². The fourth-order valence-electron chi connectivity index (χ4n) is 0.456. The van der Waals surface area contributed by atoms with E-state index in [9.17, 15) is 9.66 Å². The molecule has 0 fully saturated rings. The van der Waals surface area contributed by atoms with Crippen LogP contribution in [0.2, 0.25) is 0 Å². The second-order valence-corrected chi connectivity index (χ2v) is 2.79. The van der Waals surface area contributed by atoms with Crippen LogP contribution >= 0.6 is 0 Å². The first-order valence-electron chi connectivity index (χ1n) is 2.58. The van der Waals surface area contributed by atoms with Gasteiger partial charge >= 0.3 is 5.16 Å². The molecule has 1 unspecified atom stereocenters. The van der Waals surface area contributed by atoms with Crippen LogP contribution in [-0.4, -0.2) is 20.5 Å². The number of hydrogen-bond acceptors (Lipinski definition) is 3. The van der Waals surface area contributed by atoms with Crippen LogP contribution in [0.15, 0.2) is 23.6 Å². The normalized spacial score (nSPS) is 13.0. The summed E-state index contributed by atoms with van der Waals surface area (Å²) in [6, 6.07) is 1.60. The van der Waals surface area contributed by atoms with Gasteiger partial charge in [0.1, 0.15) is 0 Å². The van der Waals surface area contributed by atoms with E-state index < -0.39 is 17.1 Å². The van der Waals surface area contributed by atoms with E-state index in [0.717, 1.165) is 0 Å². The van der Waals surface area contributed by atoms with E-state index in [1.807, 2.05) is 0 Å². The van der Waals surface area contributed by atoms with Gasteiger partial charge in [-0.1, -0.05) is 0 Å². The average Bonchev–Trinajstić information content (AvgIpc) is 2.05. The summed E-state index contributed by atoms with van der Waals surface area (Å²) < 4.78 is 10.7. The molecule has 0 aliphatic heterocycles. The van der Waals surface area contributed by atoms with Crippen molar-refractivity contribution in [2.45, 2.75) is 5.16 Å². The molecule has 0 amide bonds. The molecule has 0 N–H and O–H groups in total. The monoisotopic (exact) mass is 157 g/mol. The Morgan fingerprint density at radius 3 is 2.60 bits per heavy atom. The third kappa shape index (κ3) is 1.66. The molecular weight excluding hydrogens is 152 g/mol. The van der Waals surface area contributed by atoms with Gasteiger partial charge in [0.05, 0.1) is 11.2 Å². The summed E-state index contributed by atoms with van der Waals surface area (Å²) in [5.41, 5.74) is 0. The van der Waals surface area contributed by atoms with Crippen LogP contribution in [0.5, 0.6) is 0 Å². The molecule has 0 aromatic carbocycles. The van der Waals surface area contributed by atoms with Crippen LogP contribution in [-0.2, 0) is 16.3 Å². The Morgan fingerprint density at radius 2 is 2.10 bits per heavy atom. The quantitative estimate of drug-likeness (QED) is 0.447. The van der Waals surface area contributed by atoms with Crippen molar-refractivity contribution < 1.29 is 9.66 Å². The van der Waals surface area contributed by atoms with Crippen LogP contribution in [0.3, 0.4) is 0 Å². The average molecular weight is 157 g/mol. The molecule has 1 atom stereocenters. The summed E-state index contributed by atoms with van der Waals surface area (Å²) in [7, 11) is 0.